The number of piperidine rings is 1. The molecule has 0 radical (unpaired) electrons. The van der Waals surface area contributed by atoms with Crippen LogP contribution in [0.4, 0.5) is 10.1 Å². The van der Waals surface area contributed by atoms with Gasteiger partial charge in [0.25, 0.3) is 5.91 Å². The minimum absolute atomic E-state index is 0.259. The Labute approximate surface area is 176 Å². The molecular weight excluding hydrogens is 405 g/mol. The minimum atomic E-state index is -0.332. The van der Waals surface area contributed by atoms with Crippen LogP contribution in [-0.2, 0) is 0 Å². The summed E-state index contributed by atoms with van der Waals surface area (Å²) in [6, 6.07) is 7.70. The van der Waals surface area contributed by atoms with Gasteiger partial charge in [0.15, 0.2) is 5.76 Å². The molecule has 152 valence electrons. The van der Waals surface area contributed by atoms with Crippen molar-refractivity contribution in [3.63, 3.8) is 0 Å². The highest BCUT2D eigenvalue weighted by Gasteiger charge is 2.25. The maximum atomic E-state index is 13.4. The van der Waals surface area contributed by atoms with Gasteiger partial charge < -0.3 is 4.52 Å². The Morgan fingerprint density at radius 2 is 1.90 bits per heavy atom. The number of aromatic nitrogens is 2. The van der Waals surface area contributed by atoms with Gasteiger partial charge in [-0.2, -0.15) is 0 Å². The van der Waals surface area contributed by atoms with E-state index in [1.54, 1.807) is 30.6 Å². The summed E-state index contributed by atoms with van der Waals surface area (Å²) in [5.41, 5.74) is 5.04. The van der Waals surface area contributed by atoms with E-state index in [1.807, 2.05) is 5.01 Å². The van der Waals surface area contributed by atoms with Crippen LogP contribution in [0, 0.1) is 5.82 Å². The molecule has 2 aromatic heterocycles. The molecule has 1 N–H and O–H groups in total. The summed E-state index contributed by atoms with van der Waals surface area (Å²) in [7, 11) is 0. The lowest BCUT2D eigenvalue weighted by molar-refractivity contribution is 0.0744. The van der Waals surface area contributed by atoms with Crippen molar-refractivity contribution >= 4 is 29.1 Å². The average molecular weight is 423 g/mol. The number of aliphatic imine (C=N–C) groups is 1. The third kappa shape index (κ3) is 3.73. The molecule has 3 aromatic rings. The van der Waals surface area contributed by atoms with Crippen molar-refractivity contribution in [2.45, 2.75) is 29.1 Å². The number of benzene rings is 1. The number of hydrazine groups is 1. The van der Waals surface area contributed by atoms with Crippen LogP contribution in [0.5, 0.6) is 0 Å². The van der Waals surface area contributed by atoms with Crippen LogP contribution in [0.15, 0.2) is 62.0 Å². The number of halogens is 1. The number of carbonyl (C=O) groups excluding carboxylic acids is 1. The molecule has 0 aliphatic carbocycles. The number of pyridine rings is 1. The highest BCUT2D eigenvalue weighted by atomic mass is 32.2. The number of amides is 1. The summed E-state index contributed by atoms with van der Waals surface area (Å²) in [6.45, 7) is 1.68. The number of fused-ring (bicyclic) bond motifs is 2. The number of nitrogens with zero attached hydrogens (tertiary/aromatic N) is 4. The monoisotopic (exact) mass is 423 g/mol. The van der Waals surface area contributed by atoms with E-state index in [9.17, 15) is 9.18 Å². The summed E-state index contributed by atoms with van der Waals surface area (Å²) in [6.07, 6.45) is 6.58. The van der Waals surface area contributed by atoms with Gasteiger partial charge in [0.2, 0.25) is 0 Å². The SMILES string of the molecule is O=C(NN1CCCCC1)c1cc2c(cn1)Sc1cnoc1C(c1ccc(F)cc1)=N2. The fourth-order valence-electron chi connectivity index (χ4n) is 3.49. The van der Waals surface area contributed by atoms with E-state index in [0.29, 0.717) is 28.4 Å². The van der Waals surface area contributed by atoms with Gasteiger partial charge in [0.05, 0.1) is 21.7 Å². The fourth-order valence-corrected chi connectivity index (χ4v) is 4.36. The van der Waals surface area contributed by atoms with Crippen LogP contribution in [0.25, 0.3) is 0 Å². The zero-order valence-corrected chi connectivity index (χ0v) is 16.8. The van der Waals surface area contributed by atoms with Crippen LogP contribution in [0.2, 0.25) is 0 Å². The molecule has 0 spiro atoms. The van der Waals surface area contributed by atoms with Gasteiger partial charge in [0.1, 0.15) is 17.2 Å². The van der Waals surface area contributed by atoms with Gasteiger partial charge in [-0.15, -0.1) is 0 Å². The number of rotatable bonds is 3. The molecular formula is C21H18FN5O2S. The second kappa shape index (κ2) is 8.00. The first-order chi connectivity index (χ1) is 14.7. The molecule has 1 amide bonds. The molecule has 0 unspecified atom stereocenters. The third-order valence-electron chi connectivity index (χ3n) is 5.02. The van der Waals surface area contributed by atoms with Crippen LogP contribution >= 0.6 is 11.8 Å². The summed E-state index contributed by atoms with van der Waals surface area (Å²) >= 11 is 1.42. The van der Waals surface area contributed by atoms with Crippen LogP contribution in [0.1, 0.15) is 41.1 Å². The van der Waals surface area contributed by atoms with Gasteiger partial charge in [-0.05, 0) is 43.2 Å². The Morgan fingerprint density at radius 1 is 1.10 bits per heavy atom. The lowest BCUT2D eigenvalue weighted by Gasteiger charge is -2.26. The zero-order chi connectivity index (χ0) is 20.5. The first-order valence-electron chi connectivity index (χ1n) is 9.71. The summed E-state index contributed by atoms with van der Waals surface area (Å²) in [5.74, 6) is -0.0886. The lowest BCUT2D eigenvalue weighted by Crippen LogP contribution is -2.45. The van der Waals surface area contributed by atoms with E-state index in [0.717, 1.165) is 35.7 Å². The van der Waals surface area contributed by atoms with Gasteiger partial charge in [0, 0.05) is 24.8 Å². The number of hydrogen-bond acceptors (Lipinski definition) is 7. The maximum Gasteiger partial charge on any atom is 0.284 e. The fraction of sp³-hybridized carbons (Fsp3) is 0.238. The third-order valence-corrected chi connectivity index (χ3v) is 6.06. The van der Waals surface area contributed by atoms with Crippen molar-refractivity contribution in [3.8, 4) is 0 Å². The summed E-state index contributed by atoms with van der Waals surface area (Å²) < 4.78 is 18.8. The summed E-state index contributed by atoms with van der Waals surface area (Å²) in [4.78, 5) is 23.4. The Morgan fingerprint density at radius 3 is 2.70 bits per heavy atom. The zero-order valence-electron chi connectivity index (χ0n) is 16.0. The van der Waals surface area contributed by atoms with Gasteiger partial charge >= 0.3 is 0 Å². The van der Waals surface area contributed by atoms with Crippen LogP contribution in [0.3, 0.4) is 0 Å². The number of nitrogens with one attached hydrogen (secondary N) is 1. The standard InChI is InChI=1S/C21H18FN5O2S/c22-14-6-4-13(5-7-14)19-20-18(12-24-29-20)30-17-11-23-16(10-15(17)25-19)21(28)26-27-8-2-1-3-9-27/h4-7,10-12H,1-3,8-9H2,(H,26,28). The molecule has 7 nitrogen and oxygen atoms in total. The predicted octanol–water partition coefficient (Wildman–Crippen LogP) is 3.97. The molecule has 1 aromatic carbocycles. The van der Waals surface area contributed by atoms with Crippen LogP contribution in [-0.4, -0.2) is 39.9 Å². The van der Waals surface area contributed by atoms with E-state index in [4.69, 9.17) is 9.52 Å². The van der Waals surface area contributed by atoms with E-state index < -0.39 is 0 Å². The highest BCUT2D eigenvalue weighted by Crippen LogP contribution is 2.41. The van der Waals surface area contributed by atoms with E-state index in [2.05, 4.69) is 15.6 Å². The summed E-state index contributed by atoms with van der Waals surface area (Å²) in [5, 5.41) is 5.81. The normalized spacial score (nSPS) is 16.2. The number of hydrogen-bond donors (Lipinski definition) is 1. The second-order valence-electron chi connectivity index (χ2n) is 7.11. The Kier molecular flexibility index (Phi) is 5.06. The molecule has 2 aliphatic rings. The van der Waals surface area contributed by atoms with Crippen molar-refractivity contribution < 1.29 is 13.7 Å². The van der Waals surface area contributed by atoms with E-state index in [-0.39, 0.29) is 11.7 Å². The van der Waals surface area contributed by atoms with Crippen molar-refractivity contribution in [1.82, 2.24) is 20.6 Å². The maximum absolute atomic E-state index is 13.4. The molecule has 9 heteroatoms. The second-order valence-corrected chi connectivity index (χ2v) is 8.20. The van der Waals surface area contributed by atoms with Crippen molar-refractivity contribution in [1.29, 1.82) is 0 Å². The predicted molar refractivity (Wildman–Crippen MR) is 109 cm³/mol. The molecule has 2 aliphatic heterocycles. The molecule has 5 rings (SSSR count). The first kappa shape index (κ1) is 19.0. The molecule has 1 saturated heterocycles. The topological polar surface area (TPSA) is 83.6 Å². The Balaban J connectivity index is 1.51. The smallest absolute Gasteiger partial charge is 0.284 e. The van der Waals surface area contributed by atoms with Gasteiger partial charge in [-0.25, -0.2) is 19.4 Å². The lowest BCUT2D eigenvalue weighted by atomic mass is 10.1. The van der Waals surface area contributed by atoms with Crippen molar-refractivity contribution in [2.24, 2.45) is 4.99 Å². The first-order valence-corrected chi connectivity index (χ1v) is 10.5. The van der Waals surface area contributed by atoms with Gasteiger partial charge in [-0.3, -0.25) is 10.2 Å². The highest BCUT2D eigenvalue weighted by molar-refractivity contribution is 7.99. The van der Waals surface area contributed by atoms with Crippen LogP contribution < -0.4 is 5.43 Å². The van der Waals surface area contributed by atoms with E-state index in [1.165, 1.54) is 30.3 Å². The molecule has 30 heavy (non-hydrogen) atoms. The minimum Gasteiger partial charge on any atom is -0.353 e. The van der Waals surface area contributed by atoms with Crippen molar-refractivity contribution in [2.75, 3.05) is 13.1 Å². The quantitative estimate of drug-likeness (QED) is 0.537. The molecule has 4 heterocycles. The van der Waals surface area contributed by atoms with Crippen molar-refractivity contribution in [3.05, 3.63) is 65.6 Å². The average Bonchev–Trinajstić information content (AvgIpc) is 3.16. The van der Waals surface area contributed by atoms with Gasteiger partial charge in [-0.1, -0.05) is 23.3 Å². The molecule has 0 atom stereocenters. The largest absolute Gasteiger partial charge is 0.353 e. The molecule has 0 bridgehead atoms. The number of carbonyl (C=O) groups is 1. The Bertz CT molecular complexity index is 1120. The Hall–Kier alpha value is -3.04. The van der Waals surface area contributed by atoms with E-state index >= 15 is 0 Å². The molecule has 1 fully saturated rings. The molecule has 0 saturated carbocycles.